The SMILES string of the molecule is CC(=NO)c1sc(C(C)(C)C)nc1C. The number of rotatable bonds is 1. The highest BCUT2D eigenvalue weighted by atomic mass is 32.1. The van der Waals surface area contributed by atoms with Crippen molar-refractivity contribution in [1.29, 1.82) is 0 Å². The second-order valence-electron chi connectivity index (χ2n) is 4.37. The van der Waals surface area contributed by atoms with E-state index in [0.717, 1.165) is 15.6 Å². The maximum absolute atomic E-state index is 8.69. The fourth-order valence-electron chi connectivity index (χ4n) is 1.10. The fourth-order valence-corrected chi connectivity index (χ4v) is 2.16. The molecule has 1 aromatic rings. The van der Waals surface area contributed by atoms with Crippen LogP contribution in [0.1, 0.15) is 43.3 Å². The molecule has 14 heavy (non-hydrogen) atoms. The molecule has 0 unspecified atom stereocenters. The van der Waals surface area contributed by atoms with Gasteiger partial charge < -0.3 is 5.21 Å². The third-order valence-corrected chi connectivity index (χ3v) is 3.61. The van der Waals surface area contributed by atoms with Crippen molar-refractivity contribution in [1.82, 2.24) is 4.98 Å². The van der Waals surface area contributed by atoms with Crippen LogP contribution < -0.4 is 0 Å². The van der Waals surface area contributed by atoms with Crippen molar-refractivity contribution < 1.29 is 5.21 Å². The Morgan fingerprint density at radius 2 is 2.00 bits per heavy atom. The number of thiazole rings is 1. The van der Waals surface area contributed by atoms with E-state index in [1.807, 2.05) is 6.92 Å². The first-order chi connectivity index (χ1) is 6.36. The molecule has 0 amide bonds. The first kappa shape index (κ1) is 11.2. The maximum atomic E-state index is 8.69. The summed E-state index contributed by atoms with van der Waals surface area (Å²) in [6.45, 7) is 10.1. The highest BCUT2D eigenvalue weighted by Crippen LogP contribution is 2.29. The molecule has 0 saturated carbocycles. The fraction of sp³-hybridized carbons (Fsp3) is 0.600. The van der Waals surface area contributed by atoms with Crippen molar-refractivity contribution in [3.63, 3.8) is 0 Å². The normalized spacial score (nSPS) is 13.4. The zero-order chi connectivity index (χ0) is 10.9. The maximum Gasteiger partial charge on any atom is 0.0988 e. The number of oxime groups is 1. The van der Waals surface area contributed by atoms with Crippen molar-refractivity contribution in [2.24, 2.45) is 5.16 Å². The van der Waals surface area contributed by atoms with Gasteiger partial charge in [-0.25, -0.2) is 4.98 Å². The average Bonchev–Trinajstić information content (AvgIpc) is 2.45. The summed E-state index contributed by atoms with van der Waals surface area (Å²) in [6, 6.07) is 0. The number of hydrogen-bond donors (Lipinski definition) is 1. The van der Waals surface area contributed by atoms with Gasteiger partial charge in [0, 0.05) is 5.41 Å². The Balaban J connectivity index is 3.18. The summed E-state index contributed by atoms with van der Waals surface area (Å²) in [6.07, 6.45) is 0. The molecule has 0 aromatic carbocycles. The van der Waals surface area contributed by atoms with Crippen LogP contribution in [0.5, 0.6) is 0 Å². The largest absolute Gasteiger partial charge is 0.411 e. The van der Waals surface area contributed by atoms with Gasteiger partial charge in [-0.15, -0.1) is 11.3 Å². The predicted molar refractivity (Wildman–Crippen MR) is 59.5 cm³/mol. The van der Waals surface area contributed by atoms with Crippen LogP contribution in [-0.4, -0.2) is 15.9 Å². The van der Waals surface area contributed by atoms with Crippen molar-refractivity contribution >= 4 is 17.0 Å². The quantitative estimate of drug-likeness (QED) is 0.442. The Labute approximate surface area is 88.5 Å². The van der Waals surface area contributed by atoms with E-state index in [2.05, 4.69) is 30.9 Å². The minimum atomic E-state index is 0.0589. The van der Waals surface area contributed by atoms with Crippen LogP contribution in [0.25, 0.3) is 0 Å². The van der Waals surface area contributed by atoms with Gasteiger partial charge in [0.25, 0.3) is 0 Å². The zero-order valence-electron chi connectivity index (χ0n) is 9.25. The van der Waals surface area contributed by atoms with Crippen molar-refractivity contribution in [3.05, 3.63) is 15.6 Å². The van der Waals surface area contributed by atoms with E-state index < -0.39 is 0 Å². The Hall–Kier alpha value is -0.900. The van der Waals surface area contributed by atoms with Crippen LogP contribution in [0.2, 0.25) is 0 Å². The Bertz CT molecular complexity index is 361. The Morgan fingerprint density at radius 3 is 2.36 bits per heavy atom. The Morgan fingerprint density at radius 1 is 1.43 bits per heavy atom. The monoisotopic (exact) mass is 212 g/mol. The van der Waals surface area contributed by atoms with Crippen LogP contribution >= 0.6 is 11.3 Å². The lowest BCUT2D eigenvalue weighted by molar-refractivity contribution is 0.319. The van der Waals surface area contributed by atoms with Crippen LogP contribution in [0, 0.1) is 6.92 Å². The number of aromatic nitrogens is 1. The van der Waals surface area contributed by atoms with Crippen molar-refractivity contribution in [3.8, 4) is 0 Å². The molecule has 0 aliphatic heterocycles. The topological polar surface area (TPSA) is 45.5 Å². The van der Waals surface area contributed by atoms with E-state index >= 15 is 0 Å². The molecule has 0 spiro atoms. The zero-order valence-corrected chi connectivity index (χ0v) is 10.1. The molecule has 0 radical (unpaired) electrons. The smallest absolute Gasteiger partial charge is 0.0988 e. The summed E-state index contributed by atoms with van der Waals surface area (Å²) in [4.78, 5) is 5.45. The molecule has 1 aromatic heterocycles. The summed E-state index contributed by atoms with van der Waals surface area (Å²) in [5.74, 6) is 0. The summed E-state index contributed by atoms with van der Waals surface area (Å²) < 4.78 is 0. The van der Waals surface area contributed by atoms with Crippen LogP contribution in [-0.2, 0) is 5.41 Å². The second-order valence-corrected chi connectivity index (χ2v) is 5.37. The molecule has 0 bridgehead atoms. The highest BCUT2D eigenvalue weighted by Gasteiger charge is 2.20. The first-order valence-corrected chi connectivity index (χ1v) is 5.35. The van der Waals surface area contributed by atoms with Gasteiger partial charge in [0.05, 0.1) is 21.3 Å². The van der Waals surface area contributed by atoms with Gasteiger partial charge in [-0.2, -0.15) is 0 Å². The molecular formula is C10H16N2OS. The standard InChI is InChI=1S/C10H16N2OS/c1-6-8(7(2)12-13)14-9(11-6)10(3,4)5/h13H,1-5H3. The van der Waals surface area contributed by atoms with E-state index in [0.29, 0.717) is 5.71 Å². The molecule has 1 heterocycles. The van der Waals surface area contributed by atoms with Gasteiger partial charge in [-0.1, -0.05) is 25.9 Å². The minimum Gasteiger partial charge on any atom is -0.411 e. The number of hydrogen-bond acceptors (Lipinski definition) is 4. The predicted octanol–water partition coefficient (Wildman–Crippen LogP) is 2.95. The van der Waals surface area contributed by atoms with Crippen LogP contribution in [0.3, 0.4) is 0 Å². The molecule has 3 nitrogen and oxygen atoms in total. The Kier molecular flexibility index (Phi) is 2.95. The number of aryl methyl sites for hydroxylation is 1. The summed E-state index contributed by atoms with van der Waals surface area (Å²) in [7, 11) is 0. The molecule has 0 fully saturated rings. The molecule has 0 aliphatic rings. The molecular weight excluding hydrogens is 196 g/mol. The van der Waals surface area contributed by atoms with Gasteiger partial charge in [0.15, 0.2) is 0 Å². The molecule has 0 aliphatic carbocycles. The van der Waals surface area contributed by atoms with Crippen LogP contribution in [0.4, 0.5) is 0 Å². The average molecular weight is 212 g/mol. The molecule has 1 N–H and O–H groups in total. The van der Waals surface area contributed by atoms with E-state index in [1.165, 1.54) is 0 Å². The third kappa shape index (κ3) is 2.12. The van der Waals surface area contributed by atoms with E-state index in [4.69, 9.17) is 5.21 Å². The van der Waals surface area contributed by atoms with Gasteiger partial charge >= 0.3 is 0 Å². The highest BCUT2D eigenvalue weighted by molar-refractivity contribution is 7.14. The van der Waals surface area contributed by atoms with Gasteiger partial charge in [-0.05, 0) is 13.8 Å². The minimum absolute atomic E-state index is 0.0589. The van der Waals surface area contributed by atoms with Gasteiger partial charge in [0.1, 0.15) is 0 Å². The third-order valence-electron chi connectivity index (χ3n) is 1.92. The molecule has 4 heteroatoms. The van der Waals surface area contributed by atoms with Gasteiger partial charge in [-0.3, -0.25) is 0 Å². The number of nitrogens with zero attached hydrogens (tertiary/aromatic N) is 2. The first-order valence-electron chi connectivity index (χ1n) is 4.53. The van der Waals surface area contributed by atoms with E-state index in [-0.39, 0.29) is 5.41 Å². The van der Waals surface area contributed by atoms with E-state index in [9.17, 15) is 0 Å². The summed E-state index contributed by atoms with van der Waals surface area (Å²) in [5.41, 5.74) is 1.63. The lowest BCUT2D eigenvalue weighted by Crippen LogP contribution is -2.10. The summed E-state index contributed by atoms with van der Waals surface area (Å²) >= 11 is 1.60. The van der Waals surface area contributed by atoms with Crippen molar-refractivity contribution in [2.75, 3.05) is 0 Å². The van der Waals surface area contributed by atoms with Crippen molar-refractivity contribution in [2.45, 2.75) is 40.0 Å². The molecule has 0 atom stereocenters. The van der Waals surface area contributed by atoms with E-state index in [1.54, 1.807) is 18.3 Å². The molecule has 0 saturated heterocycles. The lowest BCUT2D eigenvalue weighted by Gasteiger charge is -2.13. The molecule has 1 rings (SSSR count). The molecule has 78 valence electrons. The summed E-state index contributed by atoms with van der Waals surface area (Å²) in [5, 5.41) is 13.0. The lowest BCUT2D eigenvalue weighted by atomic mass is 9.98. The van der Waals surface area contributed by atoms with Crippen LogP contribution in [0.15, 0.2) is 5.16 Å². The second kappa shape index (κ2) is 3.69. The van der Waals surface area contributed by atoms with Gasteiger partial charge in [0.2, 0.25) is 0 Å².